The molecule has 2 rings (SSSR count). The lowest BCUT2D eigenvalue weighted by molar-refractivity contribution is 0.210. The van der Waals surface area contributed by atoms with Gasteiger partial charge >= 0.3 is 0 Å². The Morgan fingerprint density at radius 3 is 2.26 bits per heavy atom. The number of benzene rings is 2. The van der Waals surface area contributed by atoms with Crippen LogP contribution in [-0.4, -0.2) is 26.9 Å². The lowest BCUT2D eigenvalue weighted by Gasteiger charge is -2.20. The van der Waals surface area contributed by atoms with Crippen LogP contribution in [0.4, 0.5) is 5.69 Å². The van der Waals surface area contributed by atoms with Crippen molar-refractivity contribution in [1.29, 1.82) is 0 Å². The molecule has 1 atom stereocenters. The maximum Gasteiger partial charge on any atom is 0.142 e. The molecule has 0 bridgehead atoms. The summed E-state index contributed by atoms with van der Waals surface area (Å²) in [6.07, 6.45) is 0.987. The molecule has 0 saturated heterocycles. The van der Waals surface area contributed by atoms with E-state index in [4.69, 9.17) is 14.2 Å². The largest absolute Gasteiger partial charge is 0.497 e. The fourth-order valence-corrected chi connectivity index (χ4v) is 2.25. The van der Waals surface area contributed by atoms with E-state index in [-0.39, 0.29) is 6.10 Å². The molecule has 1 N–H and O–H groups in total. The van der Waals surface area contributed by atoms with Crippen molar-refractivity contribution in [2.45, 2.75) is 26.4 Å². The lowest BCUT2D eigenvalue weighted by atomic mass is 10.2. The van der Waals surface area contributed by atoms with Crippen LogP contribution in [0.5, 0.6) is 17.2 Å². The number of anilines is 1. The third-order valence-corrected chi connectivity index (χ3v) is 3.71. The fraction of sp³-hybridized carbons (Fsp3) is 0.368. The second-order valence-electron chi connectivity index (χ2n) is 5.41. The van der Waals surface area contributed by atoms with Crippen molar-refractivity contribution in [1.82, 2.24) is 0 Å². The van der Waals surface area contributed by atoms with Crippen LogP contribution in [0.3, 0.4) is 0 Å². The maximum absolute atomic E-state index is 6.04. The monoisotopic (exact) mass is 315 g/mol. The van der Waals surface area contributed by atoms with Crippen LogP contribution < -0.4 is 19.5 Å². The lowest BCUT2D eigenvalue weighted by Crippen LogP contribution is -2.25. The Kier molecular flexibility index (Phi) is 6.15. The Bertz CT molecular complexity index is 611. The average Bonchev–Trinajstić information content (AvgIpc) is 2.59. The van der Waals surface area contributed by atoms with E-state index in [1.807, 2.05) is 30.3 Å². The van der Waals surface area contributed by atoms with Crippen LogP contribution in [0.2, 0.25) is 0 Å². The minimum Gasteiger partial charge on any atom is -0.497 e. The van der Waals surface area contributed by atoms with Gasteiger partial charge in [0.25, 0.3) is 0 Å². The predicted molar refractivity (Wildman–Crippen MR) is 93.9 cm³/mol. The van der Waals surface area contributed by atoms with Crippen molar-refractivity contribution in [3.05, 3.63) is 48.0 Å². The zero-order valence-corrected chi connectivity index (χ0v) is 14.3. The molecule has 0 aromatic heterocycles. The number of nitrogens with one attached hydrogen (secondary N) is 1. The van der Waals surface area contributed by atoms with Gasteiger partial charge in [-0.25, -0.2) is 0 Å². The van der Waals surface area contributed by atoms with Gasteiger partial charge in [0.1, 0.15) is 23.4 Å². The van der Waals surface area contributed by atoms with Gasteiger partial charge in [0.2, 0.25) is 0 Å². The Morgan fingerprint density at radius 1 is 0.957 bits per heavy atom. The molecule has 0 aliphatic carbocycles. The molecule has 0 fully saturated rings. The van der Waals surface area contributed by atoms with E-state index in [9.17, 15) is 0 Å². The minimum absolute atomic E-state index is 0.0774. The van der Waals surface area contributed by atoms with Gasteiger partial charge in [-0.3, -0.25) is 0 Å². The predicted octanol–water partition coefficient (Wildman–Crippen LogP) is 4.28. The second-order valence-corrected chi connectivity index (χ2v) is 5.41. The van der Waals surface area contributed by atoms with Gasteiger partial charge in [0, 0.05) is 6.07 Å². The van der Waals surface area contributed by atoms with Crippen molar-refractivity contribution in [3.8, 4) is 17.2 Å². The summed E-state index contributed by atoms with van der Waals surface area (Å²) < 4.78 is 16.7. The van der Waals surface area contributed by atoms with Crippen LogP contribution in [0, 0.1) is 6.92 Å². The summed E-state index contributed by atoms with van der Waals surface area (Å²) in [5.74, 6) is 2.47. The van der Waals surface area contributed by atoms with E-state index in [1.54, 1.807) is 14.2 Å². The van der Waals surface area contributed by atoms with Gasteiger partial charge in [0.15, 0.2) is 0 Å². The molecule has 2 aromatic rings. The Balaban J connectivity index is 2.01. The normalized spacial score (nSPS) is 11.7. The third-order valence-electron chi connectivity index (χ3n) is 3.71. The van der Waals surface area contributed by atoms with Crippen LogP contribution in [-0.2, 0) is 0 Å². The zero-order valence-electron chi connectivity index (χ0n) is 14.3. The Labute approximate surface area is 138 Å². The van der Waals surface area contributed by atoms with E-state index in [2.05, 4.69) is 31.3 Å². The minimum atomic E-state index is 0.0774. The number of hydrogen-bond acceptors (Lipinski definition) is 4. The topological polar surface area (TPSA) is 39.7 Å². The quantitative estimate of drug-likeness (QED) is 0.789. The molecule has 2 aromatic carbocycles. The molecule has 0 radical (unpaired) electrons. The number of hydrogen-bond donors (Lipinski definition) is 1. The summed E-state index contributed by atoms with van der Waals surface area (Å²) in [4.78, 5) is 0. The van der Waals surface area contributed by atoms with E-state index < -0.39 is 0 Å². The Hall–Kier alpha value is -2.36. The molecule has 4 nitrogen and oxygen atoms in total. The van der Waals surface area contributed by atoms with E-state index in [1.165, 1.54) is 5.56 Å². The number of aryl methyl sites for hydroxylation is 1. The summed E-state index contributed by atoms with van der Waals surface area (Å²) >= 11 is 0. The fourth-order valence-electron chi connectivity index (χ4n) is 2.25. The first kappa shape index (κ1) is 17.0. The maximum atomic E-state index is 6.04. The highest BCUT2D eigenvalue weighted by atomic mass is 16.5. The molecule has 0 aliphatic rings. The molecular formula is C19H25NO3. The molecule has 4 heteroatoms. The first-order chi connectivity index (χ1) is 11.2. The van der Waals surface area contributed by atoms with Crippen molar-refractivity contribution in [2.24, 2.45) is 0 Å². The first-order valence-corrected chi connectivity index (χ1v) is 7.85. The highest BCUT2D eigenvalue weighted by Crippen LogP contribution is 2.29. The van der Waals surface area contributed by atoms with Crippen LogP contribution in [0.25, 0.3) is 0 Å². The van der Waals surface area contributed by atoms with Gasteiger partial charge in [-0.05, 0) is 37.6 Å². The van der Waals surface area contributed by atoms with Crippen molar-refractivity contribution in [3.63, 3.8) is 0 Å². The standard InChI is InChI=1S/C19H25NO3/c1-5-15(23-16-8-6-14(2)7-9-16)13-20-18-12-17(21-3)10-11-19(18)22-4/h6-12,15,20H,5,13H2,1-4H3/t15-/m0/s1. The Morgan fingerprint density at radius 2 is 1.65 bits per heavy atom. The number of ether oxygens (including phenoxy) is 3. The van der Waals surface area contributed by atoms with Crippen molar-refractivity contribution >= 4 is 5.69 Å². The summed E-state index contributed by atoms with van der Waals surface area (Å²) in [5, 5.41) is 3.39. The molecule has 0 spiro atoms. The SMILES string of the molecule is CC[C@@H](CNc1cc(OC)ccc1OC)Oc1ccc(C)cc1. The average molecular weight is 315 g/mol. The van der Waals surface area contributed by atoms with Gasteiger partial charge < -0.3 is 19.5 Å². The van der Waals surface area contributed by atoms with Crippen molar-refractivity contribution < 1.29 is 14.2 Å². The molecule has 0 heterocycles. The molecule has 0 amide bonds. The zero-order chi connectivity index (χ0) is 16.7. The molecular weight excluding hydrogens is 290 g/mol. The van der Waals surface area contributed by atoms with Crippen molar-refractivity contribution in [2.75, 3.05) is 26.1 Å². The highest BCUT2D eigenvalue weighted by Gasteiger charge is 2.11. The van der Waals surface area contributed by atoms with Gasteiger partial charge in [0.05, 0.1) is 26.5 Å². The summed E-state index contributed by atoms with van der Waals surface area (Å²) in [6.45, 7) is 4.87. The van der Waals surface area contributed by atoms with Crippen LogP contribution in [0.1, 0.15) is 18.9 Å². The van der Waals surface area contributed by atoms with E-state index >= 15 is 0 Å². The van der Waals surface area contributed by atoms with E-state index in [0.29, 0.717) is 6.54 Å². The number of rotatable bonds is 8. The summed E-state index contributed by atoms with van der Waals surface area (Å²) in [6, 6.07) is 13.8. The smallest absolute Gasteiger partial charge is 0.142 e. The summed E-state index contributed by atoms with van der Waals surface area (Å²) in [5.41, 5.74) is 2.13. The molecule has 0 aliphatic heterocycles. The van der Waals surface area contributed by atoms with Crippen LogP contribution >= 0.6 is 0 Å². The van der Waals surface area contributed by atoms with Gasteiger partial charge in [-0.2, -0.15) is 0 Å². The number of methoxy groups -OCH3 is 2. The third kappa shape index (κ3) is 4.81. The summed E-state index contributed by atoms with van der Waals surface area (Å²) in [7, 11) is 3.31. The van der Waals surface area contributed by atoms with E-state index in [0.717, 1.165) is 29.4 Å². The second kappa shape index (κ2) is 8.32. The van der Waals surface area contributed by atoms with Crippen LogP contribution in [0.15, 0.2) is 42.5 Å². The molecule has 0 saturated carbocycles. The van der Waals surface area contributed by atoms with Gasteiger partial charge in [-0.15, -0.1) is 0 Å². The first-order valence-electron chi connectivity index (χ1n) is 7.85. The molecule has 23 heavy (non-hydrogen) atoms. The molecule has 0 unspecified atom stereocenters. The van der Waals surface area contributed by atoms with Gasteiger partial charge in [-0.1, -0.05) is 24.6 Å². The highest BCUT2D eigenvalue weighted by molar-refractivity contribution is 5.59. The molecule has 124 valence electrons.